The van der Waals surface area contributed by atoms with Gasteiger partial charge in [0.05, 0.1) is 12.6 Å². The Labute approximate surface area is 94.1 Å². The van der Waals surface area contributed by atoms with Crippen molar-refractivity contribution in [1.82, 2.24) is 10.2 Å². The van der Waals surface area contributed by atoms with Gasteiger partial charge in [0.15, 0.2) is 5.11 Å². The second-order valence-electron chi connectivity index (χ2n) is 3.51. The van der Waals surface area contributed by atoms with Gasteiger partial charge in [-0.15, -0.1) is 0 Å². The molecule has 78 valence electrons. The molecule has 1 aliphatic rings. The second kappa shape index (κ2) is 3.98. The first-order valence-electron chi connectivity index (χ1n) is 4.85. The molecule has 0 aliphatic carbocycles. The number of hydrogen-bond acceptors (Lipinski definition) is 2. The maximum Gasteiger partial charge on any atom is 0.248 e. The summed E-state index contributed by atoms with van der Waals surface area (Å²) < 4.78 is 0. The number of thiocarbonyl (C=S) groups is 1. The van der Waals surface area contributed by atoms with Crippen LogP contribution < -0.4 is 5.32 Å². The van der Waals surface area contributed by atoms with Crippen LogP contribution in [0.1, 0.15) is 18.5 Å². The summed E-state index contributed by atoms with van der Waals surface area (Å²) in [4.78, 5) is 13.2. The molecule has 1 N–H and O–H groups in total. The van der Waals surface area contributed by atoms with Crippen LogP contribution in [0.5, 0.6) is 0 Å². The van der Waals surface area contributed by atoms with Crippen molar-refractivity contribution in [3.05, 3.63) is 35.9 Å². The zero-order valence-electron chi connectivity index (χ0n) is 8.43. The predicted molar refractivity (Wildman–Crippen MR) is 62.3 cm³/mol. The molecular weight excluding hydrogens is 208 g/mol. The lowest BCUT2D eigenvalue weighted by molar-refractivity contribution is -0.125. The molecule has 1 aliphatic heterocycles. The minimum atomic E-state index is 0.00111. The lowest BCUT2D eigenvalue weighted by Crippen LogP contribution is -2.33. The largest absolute Gasteiger partial charge is 0.353 e. The van der Waals surface area contributed by atoms with E-state index in [0.29, 0.717) is 11.7 Å². The third-order valence-corrected chi connectivity index (χ3v) is 2.89. The standard InChI is InChI=1S/C11H12N2OS/c1-8(9-5-3-2-4-6-9)13-10(14)7-12-11(13)15/h2-6,8H,7H2,1H3,(H,12,15)/t8-/m1/s1. The van der Waals surface area contributed by atoms with Crippen molar-refractivity contribution >= 4 is 23.2 Å². The van der Waals surface area contributed by atoms with Gasteiger partial charge in [0.25, 0.3) is 0 Å². The Balaban J connectivity index is 2.24. The molecule has 0 unspecified atom stereocenters. The summed E-state index contributed by atoms with van der Waals surface area (Å²) in [5, 5.41) is 3.40. The first kappa shape index (κ1) is 10.1. The molecule has 4 heteroatoms. The van der Waals surface area contributed by atoms with Crippen LogP contribution in [-0.2, 0) is 4.79 Å². The van der Waals surface area contributed by atoms with Crippen LogP contribution in [-0.4, -0.2) is 22.5 Å². The Kier molecular flexibility index (Phi) is 2.68. The van der Waals surface area contributed by atoms with Crippen LogP contribution in [0.25, 0.3) is 0 Å². The minimum absolute atomic E-state index is 0.00111. The molecule has 15 heavy (non-hydrogen) atoms. The summed E-state index contributed by atoms with van der Waals surface area (Å²) >= 11 is 5.09. The molecule has 1 saturated heterocycles. The molecule has 0 radical (unpaired) electrons. The van der Waals surface area contributed by atoms with E-state index in [0.717, 1.165) is 5.56 Å². The van der Waals surface area contributed by atoms with Crippen molar-refractivity contribution in [3.63, 3.8) is 0 Å². The SMILES string of the molecule is C[C@H](c1ccccc1)N1C(=O)CNC1=S. The van der Waals surface area contributed by atoms with E-state index < -0.39 is 0 Å². The Morgan fingerprint density at radius 1 is 1.40 bits per heavy atom. The molecule has 1 fully saturated rings. The van der Waals surface area contributed by atoms with Gasteiger partial charge >= 0.3 is 0 Å². The highest BCUT2D eigenvalue weighted by molar-refractivity contribution is 7.80. The molecule has 1 aromatic rings. The zero-order valence-corrected chi connectivity index (χ0v) is 9.25. The summed E-state index contributed by atoms with van der Waals surface area (Å²) in [5.41, 5.74) is 1.09. The van der Waals surface area contributed by atoms with Crippen LogP contribution in [0, 0.1) is 0 Å². The number of benzene rings is 1. The van der Waals surface area contributed by atoms with E-state index in [1.807, 2.05) is 37.3 Å². The molecule has 0 spiro atoms. The maximum atomic E-state index is 11.6. The highest BCUT2D eigenvalue weighted by Crippen LogP contribution is 2.21. The lowest BCUT2D eigenvalue weighted by Gasteiger charge is -2.23. The fourth-order valence-corrected chi connectivity index (χ4v) is 2.04. The number of nitrogens with one attached hydrogen (secondary N) is 1. The smallest absolute Gasteiger partial charge is 0.248 e. The van der Waals surface area contributed by atoms with Gasteiger partial charge in [-0.05, 0) is 24.7 Å². The number of nitrogens with zero attached hydrogens (tertiary/aromatic N) is 1. The van der Waals surface area contributed by atoms with Gasteiger partial charge in [-0.3, -0.25) is 9.69 Å². The van der Waals surface area contributed by atoms with Gasteiger partial charge in [-0.2, -0.15) is 0 Å². The van der Waals surface area contributed by atoms with Crippen molar-refractivity contribution in [2.24, 2.45) is 0 Å². The molecular formula is C11H12N2OS. The first-order chi connectivity index (χ1) is 7.20. The normalized spacial score (nSPS) is 17.8. The summed E-state index contributed by atoms with van der Waals surface area (Å²) in [6.07, 6.45) is 0. The summed E-state index contributed by atoms with van der Waals surface area (Å²) in [6.45, 7) is 2.29. The fourth-order valence-electron chi connectivity index (χ4n) is 1.71. The number of carbonyl (C=O) groups excluding carboxylic acids is 1. The highest BCUT2D eigenvalue weighted by Gasteiger charge is 2.30. The van der Waals surface area contributed by atoms with Crippen molar-refractivity contribution in [2.75, 3.05) is 6.54 Å². The second-order valence-corrected chi connectivity index (χ2v) is 3.90. The quantitative estimate of drug-likeness (QED) is 0.766. The Morgan fingerprint density at radius 3 is 2.60 bits per heavy atom. The zero-order chi connectivity index (χ0) is 10.8. The summed E-state index contributed by atoms with van der Waals surface area (Å²) in [7, 11) is 0. The minimum Gasteiger partial charge on any atom is -0.353 e. The predicted octanol–water partition coefficient (Wildman–Crippen LogP) is 1.46. The average Bonchev–Trinajstić information content (AvgIpc) is 2.59. The maximum absolute atomic E-state index is 11.6. The van der Waals surface area contributed by atoms with Gasteiger partial charge in [-0.1, -0.05) is 30.3 Å². The van der Waals surface area contributed by atoms with Gasteiger partial charge in [-0.25, -0.2) is 0 Å². The van der Waals surface area contributed by atoms with Gasteiger partial charge < -0.3 is 5.32 Å². The lowest BCUT2D eigenvalue weighted by atomic mass is 10.1. The molecule has 3 nitrogen and oxygen atoms in total. The van der Waals surface area contributed by atoms with E-state index >= 15 is 0 Å². The van der Waals surface area contributed by atoms with E-state index in [1.165, 1.54) is 0 Å². The van der Waals surface area contributed by atoms with Crippen molar-refractivity contribution < 1.29 is 4.79 Å². The van der Waals surface area contributed by atoms with Crippen molar-refractivity contribution in [2.45, 2.75) is 13.0 Å². The van der Waals surface area contributed by atoms with Crippen molar-refractivity contribution in [1.29, 1.82) is 0 Å². The Hall–Kier alpha value is -1.42. The third-order valence-electron chi connectivity index (χ3n) is 2.55. The molecule has 0 aromatic heterocycles. The third kappa shape index (κ3) is 1.85. The van der Waals surface area contributed by atoms with E-state index in [9.17, 15) is 4.79 Å². The van der Waals surface area contributed by atoms with Crippen LogP contribution in [0.4, 0.5) is 0 Å². The van der Waals surface area contributed by atoms with Crippen LogP contribution in [0.2, 0.25) is 0 Å². The molecule has 1 atom stereocenters. The molecule has 1 aromatic carbocycles. The number of rotatable bonds is 2. The van der Waals surface area contributed by atoms with Crippen LogP contribution in [0.3, 0.4) is 0 Å². The molecule has 0 saturated carbocycles. The Bertz CT molecular complexity index is 375. The molecule has 0 bridgehead atoms. The van der Waals surface area contributed by atoms with E-state index in [4.69, 9.17) is 12.2 Å². The monoisotopic (exact) mass is 220 g/mol. The highest BCUT2D eigenvalue weighted by atomic mass is 32.1. The van der Waals surface area contributed by atoms with Crippen LogP contribution in [0.15, 0.2) is 30.3 Å². The first-order valence-corrected chi connectivity index (χ1v) is 5.26. The summed E-state index contributed by atoms with van der Waals surface area (Å²) in [5.74, 6) is 0.0383. The number of amides is 1. The fraction of sp³-hybridized carbons (Fsp3) is 0.273. The van der Waals surface area contributed by atoms with Gasteiger partial charge in [0.2, 0.25) is 5.91 Å². The van der Waals surface area contributed by atoms with E-state index in [-0.39, 0.29) is 11.9 Å². The Morgan fingerprint density at radius 2 is 2.07 bits per heavy atom. The number of hydrogen-bond donors (Lipinski definition) is 1. The van der Waals surface area contributed by atoms with Crippen molar-refractivity contribution in [3.8, 4) is 0 Å². The van der Waals surface area contributed by atoms with Crippen LogP contribution >= 0.6 is 12.2 Å². The average molecular weight is 220 g/mol. The summed E-state index contributed by atoms with van der Waals surface area (Å²) in [6, 6.07) is 9.88. The molecule has 1 amide bonds. The number of carbonyl (C=O) groups is 1. The molecule has 1 heterocycles. The van der Waals surface area contributed by atoms with E-state index in [2.05, 4.69) is 5.32 Å². The van der Waals surface area contributed by atoms with Gasteiger partial charge in [0, 0.05) is 0 Å². The topological polar surface area (TPSA) is 32.3 Å². The van der Waals surface area contributed by atoms with E-state index in [1.54, 1.807) is 4.90 Å². The molecule has 2 rings (SSSR count). The van der Waals surface area contributed by atoms with Gasteiger partial charge in [0.1, 0.15) is 0 Å².